The lowest BCUT2D eigenvalue weighted by Crippen LogP contribution is -2.32. The zero-order valence-corrected chi connectivity index (χ0v) is 9.60. The molecule has 8 heteroatoms. The molecule has 0 radical (unpaired) electrons. The Morgan fingerprint density at radius 2 is 2.29 bits per heavy atom. The summed E-state index contributed by atoms with van der Waals surface area (Å²) in [4.78, 5) is 5.45. The molecule has 1 heterocycles. The average Bonchev–Trinajstić information content (AvgIpc) is 2.73. The molecule has 17 heavy (non-hydrogen) atoms. The monoisotopic (exact) mass is 250 g/mol. The van der Waals surface area contributed by atoms with Gasteiger partial charge in [0, 0.05) is 13.7 Å². The Morgan fingerprint density at radius 3 is 2.82 bits per heavy atom. The standard InChI is InChI=1S/C9H16F2N4O2/c1-16-3-2-15(5-7(10)11)6-8-13-9(4-12)17-14-8/h7H,2-6,12H2,1H3. The van der Waals surface area contributed by atoms with Gasteiger partial charge in [-0.15, -0.1) is 0 Å². The molecule has 2 N–H and O–H groups in total. The van der Waals surface area contributed by atoms with Crippen molar-refractivity contribution in [3.63, 3.8) is 0 Å². The lowest BCUT2D eigenvalue weighted by atomic mass is 10.4. The van der Waals surface area contributed by atoms with Crippen molar-refractivity contribution >= 4 is 0 Å². The topological polar surface area (TPSA) is 77.4 Å². The molecule has 98 valence electrons. The molecule has 0 bridgehead atoms. The van der Waals surface area contributed by atoms with Crippen LogP contribution in [-0.4, -0.2) is 48.3 Å². The van der Waals surface area contributed by atoms with Gasteiger partial charge in [0.25, 0.3) is 6.43 Å². The highest BCUT2D eigenvalue weighted by Gasteiger charge is 2.15. The first-order valence-corrected chi connectivity index (χ1v) is 5.16. The van der Waals surface area contributed by atoms with Crippen molar-refractivity contribution in [3.05, 3.63) is 11.7 Å². The van der Waals surface area contributed by atoms with Crippen LogP contribution in [0.4, 0.5) is 8.78 Å². The second-order valence-electron chi connectivity index (χ2n) is 3.43. The third-order valence-corrected chi connectivity index (χ3v) is 2.06. The number of methoxy groups -OCH3 is 1. The van der Waals surface area contributed by atoms with Crippen LogP contribution in [0.3, 0.4) is 0 Å². The summed E-state index contributed by atoms with van der Waals surface area (Å²) < 4.78 is 34.3. The first-order valence-electron chi connectivity index (χ1n) is 5.16. The third kappa shape index (κ3) is 5.16. The molecule has 1 rings (SSSR count). The quantitative estimate of drug-likeness (QED) is 0.712. The van der Waals surface area contributed by atoms with E-state index < -0.39 is 6.43 Å². The summed E-state index contributed by atoms with van der Waals surface area (Å²) in [5, 5.41) is 3.65. The first kappa shape index (κ1) is 13.9. The molecule has 1 aromatic rings. The number of nitrogens with zero attached hydrogens (tertiary/aromatic N) is 3. The molecule has 0 amide bonds. The molecule has 1 aromatic heterocycles. The van der Waals surface area contributed by atoms with Crippen LogP contribution >= 0.6 is 0 Å². The highest BCUT2D eigenvalue weighted by Crippen LogP contribution is 2.04. The minimum atomic E-state index is -2.41. The summed E-state index contributed by atoms with van der Waals surface area (Å²) in [5.41, 5.74) is 5.31. The number of rotatable bonds is 8. The number of alkyl halides is 2. The van der Waals surface area contributed by atoms with E-state index >= 15 is 0 Å². The molecule has 0 aliphatic heterocycles. The second-order valence-corrected chi connectivity index (χ2v) is 3.43. The number of nitrogens with two attached hydrogens (primary N) is 1. The number of aromatic nitrogens is 2. The van der Waals surface area contributed by atoms with Crippen LogP contribution in [0.1, 0.15) is 11.7 Å². The van der Waals surface area contributed by atoms with Crippen LogP contribution in [0, 0.1) is 0 Å². The first-order chi connectivity index (χ1) is 8.15. The van der Waals surface area contributed by atoms with E-state index in [2.05, 4.69) is 10.1 Å². The second kappa shape index (κ2) is 7.25. The van der Waals surface area contributed by atoms with E-state index in [0.29, 0.717) is 24.9 Å². The third-order valence-electron chi connectivity index (χ3n) is 2.06. The summed E-state index contributed by atoms with van der Waals surface area (Å²) in [7, 11) is 1.52. The number of hydrogen-bond donors (Lipinski definition) is 1. The Labute approximate surface area is 97.7 Å². The summed E-state index contributed by atoms with van der Waals surface area (Å²) in [6, 6.07) is 0. The fourth-order valence-corrected chi connectivity index (χ4v) is 1.29. The van der Waals surface area contributed by atoms with E-state index in [4.69, 9.17) is 15.0 Å². The Hall–Kier alpha value is -1.12. The molecule has 6 nitrogen and oxygen atoms in total. The zero-order valence-electron chi connectivity index (χ0n) is 9.60. The van der Waals surface area contributed by atoms with Crippen molar-refractivity contribution in [1.82, 2.24) is 15.0 Å². The smallest absolute Gasteiger partial charge is 0.251 e. The molecular weight excluding hydrogens is 234 g/mol. The van der Waals surface area contributed by atoms with E-state index in [-0.39, 0.29) is 19.6 Å². The predicted molar refractivity (Wildman–Crippen MR) is 55.3 cm³/mol. The molecule has 0 spiro atoms. The van der Waals surface area contributed by atoms with Crippen molar-refractivity contribution < 1.29 is 18.0 Å². The van der Waals surface area contributed by atoms with Crippen molar-refractivity contribution in [2.45, 2.75) is 19.5 Å². The molecule has 0 aliphatic rings. The highest BCUT2D eigenvalue weighted by atomic mass is 19.3. The van der Waals surface area contributed by atoms with Gasteiger partial charge in [0.05, 0.1) is 26.2 Å². The Morgan fingerprint density at radius 1 is 1.53 bits per heavy atom. The van der Waals surface area contributed by atoms with Crippen molar-refractivity contribution in [3.8, 4) is 0 Å². The van der Waals surface area contributed by atoms with Crippen molar-refractivity contribution in [2.24, 2.45) is 5.73 Å². The molecule has 0 atom stereocenters. The van der Waals surface area contributed by atoms with Crippen molar-refractivity contribution in [1.29, 1.82) is 0 Å². The summed E-state index contributed by atoms with van der Waals surface area (Å²) >= 11 is 0. The van der Waals surface area contributed by atoms with Gasteiger partial charge >= 0.3 is 0 Å². The van der Waals surface area contributed by atoms with Crippen molar-refractivity contribution in [2.75, 3.05) is 26.8 Å². The van der Waals surface area contributed by atoms with Gasteiger partial charge in [-0.1, -0.05) is 5.16 Å². The van der Waals surface area contributed by atoms with Gasteiger partial charge in [-0.25, -0.2) is 8.78 Å². The Balaban J connectivity index is 2.51. The SMILES string of the molecule is COCCN(Cc1noc(CN)n1)CC(F)F. The van der Waals surface area contributed by atoms with E-state index in [1.165, 1.54) is 12.0 Å². The average molecular weight is 250 g/mol. The molecular formula is C9H16F2N4O2. The predicted octanol–water partition coefficient (Wildman–Crippen LogP) is 0.242. The lowest BCUT2D eigenvalue weighted by molar-refractivity contribution is 0.0655. The molecule has 0 aromatic carbocycles. The number of ether oxygens (including phenoxy) is 1. The van der Waals surface area contributed by atoms with Gasteiger partial charge in [0.1, 0.15) is 0 Å². The van der Waals surface area contributed by atoms with Gasteiger partial charge in [0.2, 0.25) is 5.89 Å². The van der Waals surface area contributed by atoms with Crippen LogP contribution in [0.25, 0.3) is 0 Å². The minimum Gasteiger partial charge on any atom is -0.383 e. The normalized spacial score (nSPS) is 11.6. The van der Waals surface area contributed by atoms with Gasteiger partial charge < -0.3 is 15.0 Å². The summed E-state index contributed by atoms with van der Waals surface area (Å²) in [5.74, 6) is 0.644. The Kier molecular flexibility index (Phi) is 5.95. The maximum absolute atomic E-state index is 12.3. The van der Waals surface area contributed by atoms with E-state index in [1.807, 2.05) is 0 Å². The molecule has 0 saturated heterocycles. The van der Waals surface area contributed by atoms with Gasteiger partial charge in [-0.3, -0.25) is 4.90 Å². The maximum atomic E-state index is 12.3. The van der Waals surface area contributed by atoms with Crippen LogP contribution in [0.5, 0.6) is 0 Å². The zero-order chi connectivity index (χ0) is 12.7. The van der Waals surface area contributed by atoms with Gasteiger partial charge in [0.15, 0.2) is 5.82 Å². The van der Waals surface area contributed by atoms with Gasteiger partial charge in [-0.2, -0.15) is 4.98 Å². The summed E-state index contributed by atoms with van der Waals surface area (Å²) in [6.07, 6.45) is -2.41. The van der Waals surface area contributed by atoms with E-state index in [9.17, 15) is 8.78 Å². The van der Waals surface area contributed by atoms with Crippen LogP contribution in [0.15, 0.2) is 4.52 Å². The van der Waals surface area contributed by atoms with Crippen LogP contribution < -0.4 is 5.73 Å². The Bertz CT molecular complexity index is 322. The minimum absolute atomic E-state index is 0.139. The molecule has 0 aliphatic carbocycles. The molecule has 0 saturated carbocycles. The maximum Gasteiger partial charge on any atom is 0.251 e. The highest BCUT2D eigenvalue weighted by molar-refractivity contribution is 4.85. The lowest BCUT2D eigenvalue weighted by Gasteiger charge is -2.19. The molecule has 0 fully saturated rings. The van der Waals surface area contributed by atoms with Crippen LogP contribution in [0.2, 0.25) is 0 Å². The fraction of sp³-hybridized carbons (Fsp3) is 0.778. The fourth-order valence-electron chi connectivity index (χ4n) is 1.29. The number of hydrogen-bond acceptors (Lipinski definition) is 6. The number of halogens is 2. The van der Waals surface area contributed by atoms with Crippen LogP contribution in [-0.2, 0) is 17.8 Å². The summed E-state index contributed by atoms with van der Waals surface area (Å²) in [6.45, 7) is 0.731. The molecule has 0 unspecified atom stereocenters. The van der Waals surface area contributed by atoms with E-state index in [0.717, 1.165) is 0 Å². The van der Waals surface area contributed by atoms with Gasteiger partial charge in [-0.05, 0) is 0 Å². The van der Waals surface area contributed by atoms with E-state index in [1.54, 1.807) is 0 Å². The largest absolute Gasteiger partial charge is 0.383 e.